The van der Waals surface area contributed by atoms with Crippen LogP contribution in [0.25, 0.3) is 0 Å². The van der Waals surface area contributed by atoms with Crippen molar-refractivity contribution < 1.29 is 18.7 Å². The lowest BCUT2D eigenvalue weighted by Crippen LogP contribution is -2.48. The molecule has 1 fully saturated rings. The van der Waals surface area contributed by atoms with E-state index in [1.807, 2.05) is 0 Å². The third kappa shape index (κ3) is 3.47. The minimum atomic E-state index is -0.563. The molecule has 6 nitrogen and oxygen atoms in total. The van der Waals surface area contributed by atoms with Crippen molar-refractivity contribution in [3.05, 3.63) is 29.8 Å². The SMILES string of the molecule is CN1C[C@H](CNC(=O)c2cncc(F)c2)OCC1=O. The summed E-state index contributed by atoms with van der Waals surface area (Å²) < 4.78 is 18.2. The second-order valence-corrected chi connectivity index (χ2v) is 4.31. The van der Waals surface area contributed by atoms with E-state index < -0.39 is 11.7 Å². The molecule has 1 saturated heterocycles. The summed E-state index contributed by atoms with van der Waals surface area (Å²) in [6, 6.07) is 1.11. The van der Waals surface area contributed by atoms with Gasteiger partial charge in [0.2, 0.25) is 5.91 Å². The number of likely N-dealkylation sites (N-methyl/N-ethyl adjacent to an activating group) is 1. The fourth-order valence-electron chi connectivity index (χ4n) is 1.73. The Morgan fingerprint density at radius 1 is 1.63 bits per heavy atom. The molecule has 0 radical (unpaired) electrons. The Morgan fingerprint density at radius 2 is 2.42 bits per heavy atom. The van der Waals surface area contributed by atoms with E-state index >= 15 is 0 Å². The van der Waals surface area contributed by atoms with Crippen molar-refractivity contribution in [2.75, 3.05) is 26.7 Å². The molecule has 0 saturated carbocycles. The molecule has 1 aromatic heterocycles. The lowest BCUT2D eigenvalue weighted by Gasteiger charge is -2.29. The smallest absolute Gasteiger partial charge is 0.253 e. The molecular formula is C12H14FN3O3. The maximum absolute atomic E-state index is 12.9. The van der Waals surface area contributed by atoms with E-state index in [0.29, 0.717) is 6.54 Å². The number of nitrogens with one attached hydrogen (secondary N) is 1. The number of carbonyl (C=O) groups is 2. The number of amides is 2. The molecule has 2 rings (SSSR count). The van der Waals surface area contributed by atoms with Gasteiger partial charge in [0.05, 0.1) is 17.9 Å². The van der Waals surface area contributed by atoms with E-state index in [4.69, 9.17) is 4.74 Å². The van der Waals surface area contributed by atoms with Crippen LogP contribution in [0.3, 0.4) is 0 Å². The zero-order valence-electron chi connectivity index (χ0n) is 10.4. The zero-order chi connectivity index (χ0) is 13.8. The second kappa shape index (κ2) is 5.75. The van der Waals surface area contributed by atoms with E-state index in [9.17, 15) is 14.0 Å². The molecule has 0 bridgehead atoms. The van der Waals surface area contributed by atoms with Crippen LogP contribution in [0.2, 0.25) is 0 Å². The standard InChI is InChI=1S/C12H14FN3O3/c1-16-6-10(19-7-11(16)17)5-15-12(18)8-2-9(13)4-14-3-8/h2-4,10H,5-7H2,1H3,(H,15,18)/t10-/m0/s1. The summed E-state index contributed by atoms with van der Waals surface area (Å²) in [6.07, 6.45) is 2.06. The van der Waals surface area contributed by atoms with Gasteiger partial charge in [-0.2, -0.15) is 0 Å². The van der Waals surface area contributed by atoms with E-state index in [1.54, 1.807) is 11.9 Å². The number of carbonyl (C=O) groups excluding carboxylic acids is 2. The van der Waals surface area contributed by atoms with Crippen molar-refractivity contribution >= 4 is 11.8 Å². The predicted molar refractivity (Wildman–Crippen MR) is 63.9 cm³/mol. The molecule has 1 aliphatic heterocycles. The van der Waals surface area contributed by atoms with Crippen LogP contribution in [0.1, 0.15) is 10.4 Å². The highest BCUT2D eigenvalue weighted by Gasteiger charge is 2.23. The first-order valence-electron chi connectivity index (χ1n) is 5.80. The third-order valence-electron chi connectivity index (χ3n) is 2.80. The van der Waals surface area contributed by atoms with Crippen molar-refractivity contribution in [2.45, 2.75) is 6.10 Å². The van der Waals surface area contributed by atoms with Gasteiger partial charge in [-0.25, -0.2) is 4.39 Å². The highest BCUT2D eigenvalue weighted by Crippen LogP contribution is 2.04. The van der Waals surface area contributed by atoms with Crippen molar-refractivity contribution in [3.8, 4) is 0 Å². The largest absolute Gasteiger partial charge is 0.365 e. The minimum absolute atomic E-state index is 0.0125. The van der Waals surface area contributed by atoms with E-state index in [2.05, 4.69) is 10.3 Å². The highest BCUT2D eigenvalue weighted by atomic mass is 19.1. The van der Waals surface area contributed by atoms with Gasteiger partial charge in [0.15, 0.2) is 0 Å². The molecule has 1 atom stereocenters. The molecule has 7 heteroatoms. The first-order chi connectivity index (χ1) is 9.06. The van der Waals surface area contributed by atoms with Crippen LogP contribution in [0.4, 0.5) is 4.39 Å². The minimum Gasteiger partial charge on any atom is -0.365 e. The number of halogens is 1. The maximum atomic E-state index is 12.9. The highest BCUT2D eigenvalue weighted by molar-refractivity contribution is 5.93. The molecule has 19 heavy (non-hydrogen) atoms. The molecule has 0 spiro atoms. The number of pyridine rings is 1. The number of nitrogens with zero attached hydrogens (tertiary/aromatic N) is 2. The molecule has 102 valence electrons. The lowest BCUT2D eigenvalue weighted by atomic mass is 10.2. The summed E-state index contributed by atoms with van der Waals surface area (Å²) >= 11 is 0. The van der Waals surface area contributed by atoms with Crippen LogP contribution in [0.5, 0.6) is 0 Å². The Hall–Kier alpha value is -2.02. The van der Waals surface area contributed by atoms with Gasteiger partial charge in [0, 0.05) is 26.3 Å². The third-order valence-corrected chi connectivity index (χ3v) is 2.80. The van der Waals surface area contributed by atoms with Crippen molar-refractivity contribution in [1.29, 1.82) is 0 Å². The summed E-state index contributed by atoms with van der Waals surface area (Å²) in [7, 11) is 1.68. The lowest BCUT2D eigenvalue weighted by molar-refractivity contribution is -0.146. The number of ether oxygens (including phenoxy) is 1. The summed E-state index contributed by atoms with van der Waals surface area (Å²) in [5, 5.41) is 2.62. The van der Waals surface area contributed by atoms with E-state index in [1.165, 1.54) is 6.20 Å². The van der Waals surface area contributed by atoms with Gasteiger partial charge >= 0.3 is 0 Å². The number of morpholine rings is 1. The van der Waals surface area contributed by atoms with Gasteiger partial charge in [-0.1, -0.05) is 0 Å². The molecule has 1 aliphatic rings. The first-order valence-corrected chi connectivity index (χ1v) is 5.80. The molecule has 1 aromatic rings. The van der Waals surface area contributed by atoms with Crippen LogP contribution in [0, 0.1) is 5.82 Å². The Labute approximate surface area is 109 Å². The number of hydrogen-bond donors (Lipinski definition) is 1. The van der Waals surface area contributed by atoms with E-state index in [0.717, 1.165) is 12.3 Å². The number of hydrogen-bond acceptors (Lipinski definition) is 4. The average Bonchev–Trinajstić information content (AvgIpc) is 2.40. The van der Waals surface area contributed by atoms with Crippen LogP contribution in [-0.2, 0) is 9.53 Å². The van der Waals surface area contributed by atoms with E-state index in [-0.39, 0.29) is 30.7 Å². The topological polar surface area (TPSA) is 71.5 Å². The Morgan fingerprint density at radius 3 is 3.11 bits per heavy atom. The quantitative estimate of drug-likeness (QED) is 0.824. The van der Waals surface area contributed by atoms with Gasteiger partial charge in [-0.05, 0) is 6.07 Å². The molecule has 0 aromatic carbocycles. The molecule has 0 unspecified atom stereocenters. The summed E-state index contributed by atoms with van der Waals surface area (Å²) in [5.41, 5.74) is 0.153. The van der Waals surface area contributed by atoms with Gasteiger partial charge in [-0.15, -0.1) is 0 Å². The van der Waals surface area contributed by atoms with Crippen molar-refractivity contribution in [2.24, 2.45) is 0 Å². The summed E-state index contributed by atoms with van der Waals surface area (Å²) in [6.45, 7) is 0.687. The van der Waals surface area contributed by atoms with Gasteiger partial charge in [-0.3, -0.25) is 14.6 Å². The van der Waals surface area contributed by atoms with Gasteiger partial charge in [0.1, 0.15) is 12.4 Å². The van der Waals surface area contributed by atoms with Crippen LogP contribution in [-0.4, -0.2) is 54.5 Å². The van der Waals surface area contributed by atoms with Gasteiger partial charge < -0.3 is 15.0 Å². The number of rotatable bonds is 3. The summed E-state index contributed by atoms with van der Waals surface area (Å²) in [4.78, 5) is 28.1. The molecule has 2 amide bonds. The van der Waals surface area contributed by atoms with Crippen LogP contribution >= 0.6 is 0 Å². The molecular weight excluding hydrogens is 253 g/mol. The maximum Gasteiger partial charge on any atom is 0.253 e. The van der Waals surface area contributed by atoms with Crippen LogP contribution in [0.15, 0.2) is 18.5 Å². The van der Waals surface area contributed by atoms with Crippen molar-refractivity contribution in [3.63, 3.8) is 0 Å². The second-order valence-electron chi connectivity index (χ2n) is 4.31. The molecule has 2 heterocycles. The van der Waals surface area contributed by atoms with Gasteiger partial charge in [0.25, 0.3) is 5.91 Å². The molecule has 1 N–H and O–H groups in total. The Balaban J connectivity index is 1.85. The predicted octanol–water partition coefficient (Wildman–Crippen LogP) is -0.192. The Bertz CT molecular complexity index is 495. The fraction of sp³-hybridized carbons (Fsp3) is 0.417. The fourth-order valence-corrected chi connectivity index (χ4v) is 1.73. The Kier molecular flexibility index (Phi) is 4.06. The first kappa shape index (κ1) is 13.4. The average molecular weight is 267 g/mol. The molecule has 0 aliphatic carbocycles. The zero-order valence-corrected chi connectivity index (χ0v) is 10.4. The number of aromatic nitrogens is 1. The monoisotopic (exact) mass is 267 g/mol. The summed E-state index contributed by atoms with van der Waals surface area (Å²) in [5.74, 6) is -1.07. The van der Waals surface area contributed by atoms with Crippen LogP contribution < -0.4 is 5.32 Å². The normalized spacial score (nSPS) is 19.4. The van der Waals surface area contributed by atoms with Crippen molar-refractivity contribution in [1.82, 2.24) is 15.2 Å².